The van der Waals surface area contributed by atoms with Gasteiger partial charge in [-0.25, -0.2) is 13.5 Å². The first-order valence-corrected chi connectivity index (χ1v) is 7.25. The Bertz CT molecular complexity index is 867. The summed E-state index contributed by atoms with van der Waals surface area (Å²) < 4.78 is 44.1. The second-order valence-corrected chi connectivity index (χ2v) is 5.09. The summed E-state index contributed by atoms with van der Waals surface area (Å²) in [6, 6.07) is 6.55. The molecule has 3 aromatic rings. The molecule has 1 aromatic heterocycles. The lowest BCUT2D eigenvalue weighted by molar-refractivity contribution is 0.324. The minimum absolute atomic E-state index is 0.288. The van der Waals surface area contributed by atoms with Gasteiger partial charge in [-0.1, -0.05) is 5.21 Å². The molecule has 0 spiro atoms. The maximum Gasteiger partial charge on any atom is 0.203 e. The fourth-order valence-electron chi connectivity index (χ4n) is 2.42. The quantitative estimate of drug-likeness (QED) is 0.709. The van der Waals surface area contributed by atoms with Crippen molar-refractivity contribution in [1.29, 1.82) is 0 Å². The molecule has 130 valence electrons. The Balaban J connectivity index is 2.05. The molecule has 0 aliphatic carbocycles. The van der Waals surface area contributed by atoms with Gasteiger partial charge in [0, 0.05) is 23.8 Å². The Morgan fingerprint density at radius 3 is 1.96 bits per heavy atom. The molecule has 8 heteroatoms. The number of rotatable bonds is 5. The summed E-state index contributed by atoms with van der Waals surface area (Å²) in [6.45, 7) is 0. The topological polar surface area (TPSA) is 58.4 Å². The summed E-state index contributed by atoms with van der Waals surface area (Å²) in [7, 11) is 4.51. The lowest BCUT2D eigenvalue weighted by Crippen LogP contribution is -2.00. The Morgan fingerprint density at radius 2 is 1.44 bits per heavy atom. The zero-order chi connectivity index (χ0) is 18.0. The molecule has 0 bridgehead atoms. The van der Waals surface area contributed by atoms with E-state index in [0.717, 1.165) is 6.07 Å². The van der Waals surface area contributed by atoms with Crippen molar-refractivity contribution in [2.75, 3.05) is 21.3 Å². The molecule has 0 aliphatic heterocycles. The Hall–Kier alpha value is -3.16. The molecule has 0 unspecified atom stereocenters. The highest BCUT2D eigenvalue weighted by Crippen LogP contribution is 2.39. The van der Waals surface area contributed by atoms with Gasteiger partial charge in [0.2, 0.25) is 5.75 Å². The van der Waals surface area contributed by atoms with Crippen LogP contribution < -0.4 is 14.2 Å². The van der Waals surface area contributed by atoms with Crippen molar-refractivity contribution in [3.8, 4) is 34.2 Å². The second kappa shape index (κ2) is 6.76. The van der Waals surface area contributed by atoms with Gasteiger partial charge in [0.1, 0.15) is 17.3 Å². The van der Waals surface area contributed by atoms with Gasteiger partial charge in [-0.3, -0.25) is 0 Å². The van der Waals surface area contributed by atoms with E-state index >= 15 is 0 Å². The van der Waals surface area contributed by atoms with Crippen LogP contribution in [0, 0.1) is 11.6 Å². The van der Waals surface area contributed by atoms with E-state index in [9.17, 15) is 8.78 Å². The molecule has 0 saturated carbocycles. The van der Waals surface area contributed by atoms with Crippen LogP contribution in [0.4, 0.5) is 8.78 Å². The van der Waals surface area contributed by atoms with Crippen LogP contribution in [0.25, 0.3) is 16.9 Å². The van der Waals surface area contributed by atoms with Crippen molar-refractivity contribution in [1.82, 2.24) is 15.0 Å². The molecular formula is C17H15F2N3O3. The molecule has 0 fully saturated rings. The van der Waals surface area contributed by atoms with Crippen LogP contribution in [-0.2, 0) is 0 Å². The molecule has 2 aromatic carbocycles. The molecule has 0 atom stereocenters. The number of nitrogens with zero attached hydrogens (tertiary/aromatic N) is 3. The minimum Gasteiger partial charge on any atom is -0.493 e. The van der Waals surface area contributed by atoms with Gasteiger partial charge < -0.3 is 14.2 Å². The lowest BCUT2D eigenvalue weighted by atomic mass is 10.1. The standard InChI is InChI=1S/C17H15F2N3O3/c1-23-15-7-13(8-16(24-2)17(15)25-3)22-9-14(20-21-22)10-4-11(18)6-12(19)5-10/h4-9H,1-3H3. The molecule has 6 nitrogen and oxygen atoms in total. The van der Waals surface area contributed by atoms with Gasteiger partial charge in [0.05, 0.1) is 33.2 Å². The van der Waals surface area contributed by atoms with Crippen molar-refractivity contribution in [3.63, 3.8) is 0 Å². The first kappa shape index (κ1) is 16.7. The van der Waals surface area contributed by atoms with Gasteiger partial charge in [-0.05, 0) is 12.1 Å². The van der Waals surface area contributed by atoms with Crippen LogP contribution >= 0.6 is 0 Å². The number of hydrogen-bond donors (Lipinski definition) is 0. The van der Waals surface area contributed by atoms with Crippen LogP contribution in [0.3, 0.4) is 0 Å². The number of benzene rings is 2. The SMILES string of the molecule is COc1cc(-n2cc(-c3cc(F)cc(F)c3)nn2)cc(OC)c1OC. The summed E-state index contributed by atoms with van der Waals surface area (Å²) in [5, 5.41) is 7.96. The zero-order valence-corrected chi connectivity index (χ0v) is 13.8. The fraction of sp³-hybridized carbons (Fsp3) is 0.176. The van der Waals surface area contributed by atoms with Gasteiger partial charge in [0.15, 0.2) is 11.5 Å². The highest BCUT2D eigenvalue weighted by molar-refractivity contribution is 5.61. The summed E-state index contributed by atoms with van der Waals surface area (Å²) in [4.78, 5) is 0. The molecule has 1 heterocycles. The Labute approximate surface area is 142 Å². The van der Waals surface area contributed by atoms with Crippen LogP contribution in [0.1, 0.15) is 0 Å². The van der Waals surface area contributed by atoms with E-state index in [4.69, 9.17) is 14.2 Å². The highest BCUT2D eigenvalue weighted by Gasteiger charge is 2.15. The third-order valence-corrected chi connectivity index (χ3v) is 3.57. The molecule has 0 radical (unpaired) electrons. The molecule has 0 saturated heterocycles. The van der Waals surface area contributed by atoms with E-state index in [-0.39, 0.29) is 5.56 Å². The number of halogens is 2. The molecule has 0 N–H and O–H groups in total. The first-order chi connectivity index (χ1) is 12.0. The van der Waals surface area contributed by atoms with E-state index in [1.807, 2.05) is 0 Å². The van der Waals surface area contributed by atoms with E-state index < -0.39 is 11.6 Å². The van der Waals surface area contributed by atoms with Gasteiger partial charge >= 0.3 is 0 Å². The van der Waals surface area contributed by atoms with Crippen molar-refractivity contribution in [3.05, 3.63) is 48.2 Å². The molecule has 0 aliphatic rings. The predicted octanol–water partition coefficient (Wildman–Crippen LogP) is 3.24. The Kier molecular flexibility index (Phi) is 4.51. The maximum absolute atomic E-state index is 13.4. The summed E-state index contributed by atoms with van der Waals surface area (Å²) >= 11 is 0. The van der Waals surface area contributed by atoms with Crippen molar-refractivity contribution in [2.45, 2.75) is 0 Å². The lowest BCUT2D eigenvalue weighted by Gasteiger charge is -2.13. The van der Waals surface area contributed by atoms with Gasteiger partial charge in [-0.2, -0.15) is 0 Å². The summed E-state index contributed by atoms with van der Waals surface area (Å²) in [5.41, 5.74) is 1.20. The average molecular weight is 347 g/mol. The average Bonchev–Trinajstić information content (AvgIpc) is 3.09. The number of hydrogen-bond acceptors (Lipinski definition) is 5. The molecule has 0 amide bonds. The fourth-order valence-corrected chi connectivity index (χ4v) is 2.42. The third-order valence-electron chi connectivity index (χ3n) is 3.57. The normalized spacial score (nSPS) is 10.6. The molecule has 3 rings (SSSR count). The maximum atomic E-state index is 13.4. The van der Waals surface area contributed by atoms with Crippen LogP contribution in [0.5, 0.6) is 17.2 Å². The van der Waals surface area contributed by atoms with E-state index in [1.54, 1.807) is 18.3 Å². The Morgan fingerprint density at radius 1 is 0.840 bits per heavy atom. The van der Waals surface area contributed by atoms with Crippen molar-refractivity contribution in [2.24, 2.45) is 0 Å². The summed E-state index contributed by atoms with van der Waals surface area (Å²) in [6.07, 6.45) is 1.55. The minimum atomic E-state index is -0.683. The van der Waals surface area contributed by atoms with E-state index in [0.29, 0.717) is 28.6 Å². The van der Waals surface area contributed by atoms with Crippen molar-refractivity contribution < 1.29 is 23.0 Å². The predicted molar refractivity (Wildman–Crippen MR) is 86.4 cm³/mol. The monoisotopic (exact) mass is 347 g/mol. The highest BCUT2D eigenvalue weighted by atomic mass is 19.1. The van der Waals surface area contributed by atoms with E-state index in [2.05, 4.69) is 10.3 Å². The van der Waals surface area contributed by atoms with E-state index in [1.165, 1.54) is 38.1 Å². The van der Waals surface area contributed by atoms with Gasteiger partial charge in [-0.15, -0.1) is 5.10 Å². The molecule has 25 heavy (non-hydrogen) atoms. The smallest absolute Gasteiger partial charge is 0.203 e. The van der Waals surface area contributed by atoms with Crippen LogP contribution in [0.15, 0.2) is 36.5 Å². The number of aromatic nitrogens is 3. The van der Waals surface area contributed by atoms with Crippen LogP contribution in [-0.4, -0.2) is 36.3 Å². The largest absolute Gasteiger partial charge is 0.493 e. The van der Waals surface area contributed by atoms with Gasteiger partial charge in [0.25, 0.3) is 0 Å². The second-order valence-electron chi connectivity index (χ2n) is 5.09. The third kappa shape index (κ3) is 3.23. The van der Waals surface area contributed by atoms with Crippen LogP contribution in [0.2, 0.25) is 0 Å². The number of ether oxygens (including phenoxy) is 3. The van der Waals surface area contributed by atoms with Crippen molar-refractivity contribution >= 4 is 0 Å². The number of methoxy groups -OCH3 is 3. The molecular weight excluding hydrogens is 332 g/mol. The zero-order valence-electron chi connectivity index (χ0n) is 13.8. The summed E-state index contributed by atoms with van der Waals surface area (Å²) in [5.74, 6) is -0.0210. The first-order valence-electron chi connectivity index (χ1n) is 7.25.